The summed E-state index contributed by atoms with van der Waals surface area (Å²) < 4.78 is 38.7. The molecule has 2 aliphatic heterocycles. The van der Waals surface area contributed by atoms with Crippen molar-refractivity contribution in [2.75, 3.05) is 13.7 Å². The van der Waals surface area contributed by atoms with Crippen LogP contribution in [0.4, 0.5) is 8.78 Å². The molecule has 3 atom stereocenters. The van der Waals surface area contributed by atoms with Gasteiger partial charge >= 0.3 is 6.61 Å². The van der Waals surface area contributed by atoms with Crippen molar-refractivity contribution in [2.45, 2.75) is 45.1 Å². The van der Waals surface area contributed by atoms with E-state index >= 15 is 0 Å². The van der Waals surface area contributed by atoms with E-state index in [0.29, 0.717) is 24.2 Å². The minimum absolute atomic E-state index is 0.0195. The standard InChI is InChI=1S/C25H23F2N3O3/c1-4-32-14(2)8-9-15-10-11-17-18(12-15)30-19-13-20(23(30)28-17)29(3)24(31)16-6-5-7-21(22(16)19)33-25(26)27/h5-7,10-12,14,19-20,25H,4,13H2,1-3H3/t14?,19-,20-/m1/s1. The lowest BCUT2D eigenvalue weighted by Crippen LogP contribution is -2.30. The summed E-state index contributed by atoms with van der Waals surface area (Å²) in [7, 11) is 1.72. The zero-order chi connectivity index (χ0) is 23.3. The molecule has 33 heavy (non-hydrogen) atoms. The molecule has 1 unspecified atom stereocenters. The van der Waals surface area contributed by atoms with Gasteiger partial charge in [0.05, 0.1) is 23.1 Å². The molecule has 3 heterocycles. The van der Waals surface area contributed by atoms with Gasteiger partial charge in [-0.2, -0.15) is 8.78 Å². The molecule has 0 fully saturated rings. The highest BCUT2D eigenvalue weighted by atomic mass is 19.3. The number of rotatable bonds is 4. The molecule has 6 nitrogen and oxygen atoms in total. The summed E-state index contributed by atoms with van der Waals surface area (Å²) in [5.74, 6) is 6.75. The Morgan fingerprint density at radius 3 is 2.82 bits per heavy atom. The third-order valence-electron chi connectivity index (χ3n) is 6.24. The highest BCUT2D eigenvalue weighted by Crippen LogP contribution is 2.49. The van der Waals surface area contributed by atoms with Crippen molar-refractivity contribution in [3.8, 4) is 17.6 Å². The first-order valence-corrected chi connectivity index (χ1v) is 10.9. The predicted molar refractivity (Wildman–Crippen MR) is 118 cm³/mol. The van der Waals surface area contributed by atoms with Gasteiger partial charge in [-0.25, -0.2) is 4.98 Å². The van der Waals surface area contributed by atoms with Crippen LogP contribution in [-0.4, -0.2) is 46.7 Å². The number of benzene rings is 2. The average Bonchev–Trinajstić information content (AvgIpc) is 3.30. The van der Waals surface area contributed by atoms with Gasteiger partial charge in [-0.3, -0.25) is 4.79 Å². The van der Waals surface area contributed by atoms with Gasteiger partial charge in [0, 0.05) is 36.8 Å². The molecule has 170 valence electrons. The summed E-state index contributed by atoms with van der Waals surface area (Å²) in [5.41, 5.74) is 3.25. The maximum atomic E-state index is 13.2. The number of hydrogen-bond acceptors (Lipinski definition) is 4. The van der Waals surface area contributed by atoms with Crippen LogP contribution in [0.5, 0.6) is 5.75 Å². The molecule has 0 saturated carbocycles. The number of imidazole rings is 1. The Hall–Kier alpha value is -3.44. The van der Waals surface area contributed by atoms with E-state index in [1.807, 2.05) is 36.6 Å². The molecule has 0 spiro atoms. The lowest BCUT2D eigenvalue weighted by atomic mass is 9.97. The molecular formula is C25H23F2N3O3. The minimum atomic E-state index is -2.99. The Morgan fingerprint density at radius 1 is 1.24 bits per heavy atom. The van der Waals surface area contributed by atoms with Gasteiger partial charge < -0.3 is 18.9 Å². The van der Waals surface area contributed by atoms with Gasteiger partial charge in [0.1, 0.15) is 17.7 Å². The normalized spacial score (nSPS) is 19.7. The van der Waals surface area contributed by atoms with E-state index in [0.717, 1.165) is 22.4 Å². The molecule has 2 aliphatic rings. The van der Waals surface area contributed by atoms with Crippen LogP contribution >= 0.6 is 0 Å². The Bertz CT molecular complexity index is 1310. The average molecular weight is 451 g/mol. The first kappa shape index (κ1) is 21.4. The van der Waals surface area contributed by atoms with Crippen molar-refractivity contribution < 1.29 is 23.0 Å². The van der Waals surface area contributed by atoms with Gasteiger partial charge in [0.25, 0.3) is 5.91 Å². The number of amides is 1. The van der Waals surface area contributed by atoms with Crippen LogP contribution < -0.4 is 4.74 Å². The molecule has 8 heteroatoms. The second-order valence-electron chi connectivity index (χ2n) is 8.19. The van der Waals surface area contributed by atoms with Gasteiger partial charge in [-0.1, -0.05) is 17.9 Å². The first-order chi connectivity index (χ1) is 15.9. The molecule has 2 bridgehead atoms. The topological polar surface area (TPSA) is 56.6 Å². The Labute approximate surface area is 190 Å². The monoisotopic (exact) mass is 451 g/mol. The number of halogens is 2. The predicted octanol–water partition coefficient (Wildman–Crippen LogP) is 4.53. The van der Waals surface area contributed by atoms with E-state index in [9.17, 15) is 13.6 Å². The van der Waals surface area contributed by atoms with Gasteiger partial charge in [-0.15, -0.1) is 0 Å². The van der Waals surface area contributed by atoms with E-state index < -0.39 is 6.61 Å². The number of fused-ring (bicyclic) bond motifs is 9. The Kier molecular flexibility index (Phi) is 5.29. The largest absolute Gasteiger partial charge is 0.434 e. The number of carbonyl (C=O) groups is 1. The van der Waals surface area contributed by atoms with E-state index in [-0.39, 0.29) is 29.8 Å². The third kappa shape index (κ3) is 3.53. The summed E-state index contributed by atoms with van der Waals surface area (Å²) in [5, 5.41) is 0. The van der Waals surface area contributed by atoms with Crippen molar-refractivity contribution in [1.29, 1.82) is 0 Å². The lowest BCUT2D eigenvalue weighted by Gasteiger charge is -2.24. The van der Waals surface area contributed by atoms with Crippen LogP contribution in [0.25, 0.3) is 11.0 Å². The van der Waals surface area contributed by atoms with Gasteiger partial charge in [0.15, 0.2) is 0 Å². The molecule has 1 amide bonds. The molecule has 5 rings (SSSR count). The minimum Gasteiger partial charge on any atom is -0.434 e. The highest BCUT2D eigenvalue weighted by Gasteiger charge is 2.44. The second kappa shape index (κ2) is 8.16. The molecular weight excluding hydrogens is 428 g/mol. The molecule has 2 aromatic carbocycles. The van der Waals surface area contributed by atoms with E-state index in [2.05, 4.69) is 11.8 Å². The highest BCUT2D eigenvalue weighted by molar-refractivity contribution is 5.97. The van der Waals surface area contributed by atoms with Crippen LogP contribution in [0, 0.1) is 11.8 Å². The van der Waals surface area contributed by atoms with Gasteiger partial charge in [0.2, 0.25) is 0 Å². The summed E-state index contributed by atoms with van der Waals surface area (Å²) in [4.78, 5) is 19.6. The quantitative estimate of drug-likeness (QED) is 0.547. The molecule has 3 aromatic rings. The summed E-state index contributed by atoms with van der Waals surface area (Å²) in [6, 6.07) is 9.84. The lowest BCUT2D eigenvalue weighted by molar-refractivity contribution is -0.0507. The van der Waals surface area contributed by atoms with Crippen LogP contribution in [0.1, 0.15) is 59.7 Å². The Morgan fingerprint density at radius 2 is 2.06 bits per heavy atom. The van der Waals surface area contributed by atoms with E-state index in [1.165, 1.54) is 6.07 Å². The fourth-order valence-corrected chi connectivity index (χ4v) is 4.83. The first-order valence-electron chi connectivity index (χ1n) is 10.9. The van der Waals surface area contributed by atoms with Crippen molar-refractivity contribution in [3.05, 3.63) is 58.9 Å². The zero-order valence-corrected chi connectivity index (χ0v) is 18.5. The van der Waals surface area contributed by atoms with Crippen LogP contribution in [0.2, 0.25) is 0 Å². The maximum Gasteiger partial charge on any atom is 0.387 e. The summed E-state index contributed by atoms with van der Waals surface area (Å²) in [6.45, 7) is 1.42. The second-order valence-corrected chi connectivity index (χ2v) is 8.19. The van der Waals surface area contributed by atoms with Crippen molar-refractivity contribution >= 4 is 16.9 Å². The third-order valence-corrected chi connectivity index (χ3v) is 6.24. The zero-order valence-electron chi connectivity index (χ0n) is 18.5. The van der Waals surface area contributed by atoms with E-state index in [1.54, 1.807) is 24.1 Å². The maximum absolute atomic E-state index is 13.2. The molecule has 0 radical (unpaired) electrons. The van der Waals surface area contributed by atoms with Crippen molar-refractivity contribution in [3.63, 3.8) is 0 Å². The molecule has 0 saturated heterocycles. The number of ether oxygens (including phenoxy) is 2. The van der Waals surface area contributed by atoms with Gasteiger partial charge in [-0.05, 0) is 44.2 Å². The molecule has 1 aromatic heterocycles. The number of nitrogens with zero attached hydrogens (tertiary/aromatic N) is 3. The SMILES string of the molecule is CCOC(C)C#Cc1ccc2nc3n(c2c1)[C@@H]1C[C@H]3N(C)C(=O)c2cccc(OC(F)F)c21. The van der Waals surface area contributed by atoms with Crippen molar-refractivity contribution in [2.24, 2.45) is 0 Å². The number of alkyl halides is 2. The van der Waals surface area contributed by atoms with Crippen LogP contribution in [0.3, 0.4) is 0 Å². The molecule has 0 N–H and O–H groups in total. The van der Waals surface area contributed by atoms with Crippen molar-refractivity contribution in [1.82, 2.24) is 14.5 Å². The Balaban J connectivity index is 1.68. The number of carbonyl (C=O) groups excluding carboxylic acids is 1. The fraction of sp³-hybridized carbons (Fsp3) is 0.360. The fourth-order valence-electron chi connectivity index (χ4n) is 4.83. The summed E-state index contributed by atoms with van der Waals surface area (Å²) >= 11 is 0. The number of hydrogen-bond donors (Lipinski definition) is 0. The van der Waals surface area contributed by atoms with Crippen LogP contribution in [0.15, 0.2) is 36.4 Å². The van der Waals surface area contributed by atoms with E-state index in [4.69, 9.17) is 14.5 Å². The molecule has 0 aliphatic carbocycles. The summed E-state index contributed by atoms with van der Waals surface area (Å²) in [6.07, 6.45) is 0.346. The smallest absolute Gasteiger partial charge is 0.387 e. The number of aromatic nitrogens is 2. The van der Waals surface area contributed by atoms with Crippen LogP contribution in [-0.2, 0) is 4.74 Å².